The van der Waals surface area contributed by atoms with Crippen LogP contribution in [0.2, 0.25) is 0 Å². The van der Waals surface area contributed by atoms with E-state index in [0.29, 0.717) is 0 Å². The molecular weight excluding hydrogens is 218 g/mol. The summed E-state index contributed by atoms with van der Waals surface area (Å²) in [5.74, 6) is 0. The Bertz CT molecular complexity index is 648. The van der Waals surface area contributed by atoms with E-state index in [1.165, 1.54) is 33.2 Å². The van der Waals surface area contributed by atoms with Gasteiger partial charge < -0.3 is 0 Å². The van der Waals surface area contributed by atoms with Crippen LogP contribution in [0, 0.1) is 20.8 Å². The molecule has 0 bridgehead atoms. The Labute approximate surface area is 109 Å². The molecule has 1 heterocycles. The molecule has 1 nitrogen and oxygen atoms in total. The molecule has 1 aromatic carbocycles. The van der Waals surface area contributed by atoms with Gasteiger partial charge in [0.05, 0.1) is 0 Å². The summed E-state index contributed by atoms with van der Waals surface area (Å²) in [6, 6.07) is 4.30. The highest BCUT2D eigenvalue weighted by atomic mass is 14.9. The Hall–Kier alpha value is -1.89. The maximum atomic E-state index is 3.75. The summed E-state index contributed by atoms with van der Waals surface area (Å²) in [4.78, 5) is 0. The first-order valence-electron chi connectivity index (χ1n) is 6.25. The van der Waals surface area contributed by atoms with Gasteiger partial charge in [-0.3, -0.25) is 0 Å². The first kappa shape index (κ1) is 12.6. The van der Waals surface area contributed by atoms with Gasteiger partial charge in [-0.05, 0) is 43.5 Å². The lowest BCUT2D eigenvalue weighted by atomic mass is 9.93. The van der Waals surface area contributed by atoms with Crippen LogP contribution >= 0.6 is 0 Å². The third-order valence-corrected chi connectivity index (χ3v) is 3.71. The predicted molar refractivity (Wildman–Crippen MR) is 78.6 cm³/mol. The summed E-state index contributed by atoms with van der Waals surface area (Å²) >= 11 is 0. The summed E-state index contributed by atoms with van der Waals surface area (Å²) in [7, 11) is 2.10. The second-order valence-corrected chi connectivity index (χ2v) is 4.76. The Morgan fingerprint density at radius 2 is 1.83 bits per heavy atom. The van der Waals surface area contributed by atoms with Crippen LogP contribution in [0.15, 0.2) is 37.1 Å². The minimum Gasteiger partial charge on any atom is -0.201 e. The molecule has 0 saturated heterocycles. The van der Waals surface area contributed by atoms with Crippen molar-refractivity contribution in [3.63, 3.8) is 0 Å². The molecule has 1 heteroatoms. The Balaban J connectivity index is 2.93. The average molecular weight is 238 g/mol. The number of aryl methyl sites for hydroxylation is 3. The lowest BCUT2D eigenvalue weighted by molar-refractivity contribution is -0.645. The van der Waals surface area contributed by atoms with E-state index in [1.807, 2.05) is 12.2 Å². The van der Waals surface area contributed by atoms with Crippen molar-refractivity contribution in [3.05, 3.63) is 59.3 Å². The molecule has 0 fully saturated rings. The number of hydrogen-bond donors (Lipinski definition) is 0. The van der Waals surface area contributed by atoms with Gasteiger partial charge in [0.2, 0.25) is 5.52 Å². The van der Waals surface area contributed by atoms with Gasteiger partial charge in [0.25, 0.3) is 0 Å². The van der Waals surface area contributed by atoms with Crippen molar-refractivity contribution in [1.82, 2.24) is 0 Å². The molecule has 2 aromatic rings. The summed E-state index contributed by atoms with van der Waals surface area (Å²) in [6.07, 6.45) is 8.08. The van der Waals surface area contributed by atoms with E-state index in [-0.39, 0.29) is 0 Å². The fraction of sp³-hybridized carbons (Fsp3) is 0.235. The van der Waals surface area contributed by atoms with Gasteiger partial charge >= 0.3 is 0 Å². The molecule has 18 heavy (non-hydrogen) atoms. The summed E-state index contributed by atoms with van der Waals surface area (Å²) in [5, 5.41) is 1.34. The van der Waals surface area contributed by atoms with Crippen molar-refractivity contribution < 1.29 is 4.57 Å². The SMILES string of the molecule is C=C/C=C\c1c(C)c(C)c2ccc[n+](C)c2c1C. The molecule has 0 amide bonds. The zero-order chi connectivity index (χ0) is 13.3. The minimum absolute atomic E-state index is 1.31. The predicted octanol–water partition coefficient (Wildman–Crippen LogP) is 3.79. The van der Waals surface area contributed by atoms with Crippen LogP contribution in [0.25, 0.3) is 17.0 Å². The van der Waals surface area contributed by atoms with E-state index in [1.54, 1.807) is 0 Å². The molecule has 0 saturated carbocycles. The number of pyridine rings is 1. The van der Waals surface area contributed by atoms with Crippen molar-refractivity contribution in [2.45, 2.75) is 20.8 Å². The van der Waals surface area contributed by atoms with Gasteiger partial charge in [0.15, 0.2) is 6.20 Å². The largest absolute Gasteiger partial charge is 0.216 e. The van der Waals surface area contributed by atoms with Crippen LogP contribution in [0.5, 0.6) is 0 Å². The smallest absolute Gasteiger partial charge is 0.201 e. The maximum Gasteiger partial charge on any atom is 0.216 e. The van der Waals surface area contributed by atoms with Crippen LogP contribution in [-0.4, -0.2) is 0 Å². The molecule has 0 aliphatic carbocycles. The van der Waals surface area contributed by atoms with Crippen LogP contribution in [0.3, 0.4) is 0 Å². The number of rotatable bonds is 2. The minimum atomic E-state index is 1.31. The number of aromatic nitrogens is 1. The third kappa shape index (κ3) is 1.86. The zero-order valence-electron chi connectivity index (χ0n) is 11.6. The van der Waals surface area contributed by atoms with Gasteiger partial charge in [-0.1, -0.05) is 24.8 Å². The highest BCUT2D eigenvalue weighted by Gasteiger charge is 2.16. The molecule has 0 aliphatic heterocycles. The van der Waals surface area contributed by atoms with Crippen molar-refractivity contribution in [1.29, 1.82) is 0 Å². The van der Waals surface area contributed by atoms with Gasteiger partial charge in [-0.25, -0.2) is 4.57 Å². The molecule has 0 aliphatic rings. The van der Waals surface area contributed by atoms with Gasteiger partial charge in [-0.15, -0.1) is 0 Å². The molecular formula is C17H20N+. The first-order chi connectivity index (χ1) is 8.57. The van der Waals surface area contributed by atoms with Crippen LogP contribution < -0.4 is 4.57 Å². The summed E-state index contributed by atoms with van der Waals surface area (Å²) in [5.41, 5.74) is 6.65. The van der Waals surface area contributed by atoms with Crippen molar-refractivity contribution >= 4 is 17.0 Å². The van der Waals surface area contributed by atoms with Gasteiger partial charge in [0, 0.05) is 17.0 Å². The quantitative estimate of drug-likeness (QED) is 0.553. The normalized spacial score (nSPS) is 11.3. The number of benzene rings is 1. The number of allylic oxidation sites excluding steroid dienone is 2. The Morgan fingerprint density at radius 1 is 1.11 bits per heavy atom. The van der Waals surface area contributed by atoms with E-state index in [9.17, 15) is 0 Å². The Kier molecular flexibility index (Phi) is 3.33. The van der Waals surface area contributed by atoms with Crippen LogP contribution in [0.1, 0.15) is 22.3 Å². The van der Waals surface area contributed by atoms with Crippen molar-refractivity contribution in [2.75, 3.05) is 0 Å². The fourth-order valence-corrected chi connectivity index (χ4v) is 2.61. The molecule has 0 atom stereocenters. The summed E-state index contributed by atoms with van der Waals surface area (Å²) < 4.78 is 2.20. The monoisotopic (exact) mass is 238 g/mol. The van der Waals surface area contributed by atoms with E-state index >= 15 is 0 Å². The Morgan fingerprint density at radius 3 is 2.50 bits per heavy atom. The first-order valence-corrected chi connectivity index (χ1v) is 6.25. The van der Waals surface area contributed by atoms with Gasteiger partial charge in [0.1, 0.15) is 7.05 Å². The summed E-state index contributed by atoms with van der Waals surface area (Å²) in [6.45, 7) is 10.3. The molecule has 0 N–H and O–H groups in total. The maximum absolute atomic E-state index is 3.75. The second kappa shape index (κ2) is 4.77. The lowest BCUT2D eigenvalue weighted by Crippen LogP contribution is -2.29. The van der Waals surface area contributed by atoms with E-state index < -0.39 is 0 Å². The molecule has 1 aromatic heterocycles. The molecule has 0 radical (unpaired) electrons. The van der Waals surface area contributed by atoms with E-state index in [0.717, 1.165) is 0 Å². The number of hydrogen-bond acceptors (Lipinski definition) is 0. The number of fused-ring (bicyclic) bond motifs is 1. The van der Waals surface area contributed by atoms with Crippen molar-refractivity contribution in [2.24, 2.45) is 7.05 Å². The van der Waals surface area contributed by atoms with Gasteiger partial charge in [-0.2, -0.15) is 0 Å². The second-order valence-electron chi connectivity index (χ2n) is 4.76. The zero-order valence-corrected chi connectivity index (χ0v) is 11.6. The highest BCUT2D eigenvalue weighted by molar-refractivity contribution is 5.87. The van der Waals surface area contributed by atoms with E-state index in [2.05, 4.69) is 63.4 Å². The van der Waals surface area contributed by atoms with Crippen molar-refractivity contribution in [3.8, 4) is 0 Å². The molecule has 0 spiro atoms. The highest BCUT2D eigenvalue weighted by Crippen LogP contribution is 2.28. The van der Waals surface area contributed by atoms with Crippen LogP contribution in [-0.2, 0) is 7.05 Å². The molecule has 92 valence electrons. The topological polar surface area (TPSA) is 3.88 Å². The third-order valence-electron chi connectivity index (χ3n) is 3.71. The van der Waals surface area contributed by atoms with E-state index in [4.69, 9.17) is 0 Å². The number of nitrogens with zero attached hydrogens (tertiary/aromatic N) is 1. The van der Waals surface area contributed by atoms with Crippen LogP contribution in [0.4, 0.5) is 0 Å². The average Bonchev–Trinajstić information content (AvgIpc) is 2.36. The molecule has 2 rings (SSSR count). The molecule has 0 unspecified atom stereocenters. The standard InChI is InChI=1S/C17H20N/c1-6-7-9-15-12(2)13(3)16-10-8-11-18(5)17(16)14(15)4/h6-11H,1H2,2-5H3/q+1/b9-7-. The lowest BCUT2D eigenvalue weighted by Gasteiger charge is -2.12. The fourth-order valence-electron chi connectivity index (χ4n) is 2.61.